The lowest BCUT2D eigenvalue weighted by Crippen LogP contribution is -2.21. The van der Waals surface area contributed by atoms with Gasteiger partial charge in [-0.25, -0.2) is 9.79 Å². The first-order valence-corrected chi connectivity index (χ1v) is 7.37. The van der Waals surface area contributed by atoms with Crippen LogP contribution < -0.4 is 16.8 Å². The van der Waals surface area contributed by atoms with Crippen LogP contribution in [-0.2, 0) is 9.59 Å². The highest BCUT2D eigenvalue weighted by atomic mass is 16.4. The first kappa shape index (κ1) is 17.7. The Labute approximate surface area is 144 Å². The normalized spacial score (nSPS) is 10.8. The number of rotatable bonds is 6. The number of para-hydroxylation sites is 1. The number of guanidine groups is 1. The molecule has 0 unspecified atom stereocenters. The molecular formula is C18H18N4O3. The second-order valence-corrected chi connectivity index (χ2v) is 5.25. The summed E-state index contributed by atoms with van der Waals surface area (Å²) in [6.45, 7) is 1.82. The van der Waals surface area contributed by atoms with Crippen LogP contribution in [0.25, 0.3) is 11.6 Å². The van der Waals surface area contributed by atoms with Gasteiger partial charge < -0.3 is 21.9 Å². The van der Waals surface area contributed by atoms with Crippen molar-refractivity contribution in [3.05, 3.63) is 59.2 Å². The minimum Gasteiger partial charge on any atom is -0.478 e. The smallest absolute Gasteiger partial charge is 0.336 e. The summed E-state index contributed by atoms with van der Waals surface area (Å²) in [6.07, 6.45) is 2.05. The van der Waals surface area contributed by atoms with Gasteiger partial charge in [-0.05, 0) is 41.8 Å². The van der Waals surface area contributed by atoms with Crippen LogP contribution in [0.15, 0.2) is 47.5 Å². The van der Waals surface area contributed by atoms with Gasteiger partial charge in [-0.2, -0.15) is 0 Å². The summed E-state index contributed by atoms with van der Waals surface area (Å²) in [6, 6.07) is 11.9. The van der Waals surface area contributed by atoms with E-state index in [4.69, 9.17) is 11.5 Å². The molecule has 0 radical (unpaired) electrons. The molecule has 0 aliphatic heterocycles. The van der Waals surface area contributed by atoms with E-state index in [1.165, 1.54) is 6.08 Å². The number of carboxylic acids is 1. The van der Waals surface area contributed by atoms with E-state index < -0.39 is 5.97 Å². The molecule has 0 spiro atoms. The number of nitrogens with one attached hydrogen (secondary N) is 1. The van der Waals surface area contributed by atoms with Crippen molar-refractivity contribution in [2.24, 2.45) is 16.5 Å². The number of hydrogen-bond acceptors (Lipinski definition) is 3. The van der Waals surface area contributed by atoms with Crippen LogP contribution in [0.2, 0.25) is 0 Å². The quantitative estimate of drug-likeness (QED) is 0.211. The van der Waals surface area contributed by atoms with E-state index in [-0.39, 0.29) is 11.5 Å². The predicted octanol–water partition coefficient (Wildman–Crippen LogP) is 2.09. The maximum absolute atomic E-state index is 11.7. The molecule has 7 nitrogen and oxygen atoms in total. The number of aryl methyl sites for hydroxylation is 1. The summed E-state index contributed by atoms with van der Waals surface area (Å²) in [5, 5.41) is 12.2. The second-order valence-electron chi connectivity index (χ2n) is 5.25. The number of amides is 1. The number of aliphatic imine (C=N–C) groups is 1. The van der Waals surface area contributed by atoms with Gasteiger partial charge in [0.25, 0.3) is 0 Å². The molecule has 0 atom stereocenters. The molecule has 0 aliphatic rings. The minimum atomic E-state index is -1.11. The van der Waals surface area contributed by atoms with E-state index in [2.05, 4.69) is 10.3 Å². The Morgan fingerprint density at radius 3 is 2.56 bits per heavy atom. The molecular weight excluding hydrogens is 320 g/mol. The molecule has 6 N–H and O–H groups in total. The maximum Gasteiger partial charge on any atom is 0.336 e. The van der Waals surface area contributed by atoms with Crippen molar-refractivity contribution in [2.75, 3.05) is 5.32 Å². The lowest BCUT2D eigenvalue weighted by Gasteiger charge is -2.10. The van der Waals surface area contributed by atoms with E-state index in [1.807, 2.05) is 13.0 Å². The number of aliphatic carboxylic acids is 1. The molecule has 1 amide bonds. The Bertz CT molecular complexity index is 868. The Balaban J connectivity index is 2.58. The first-order valence-electron chi connectivity index (χ1n) is 7.37. The van der Waals surface area contributed by atoms with Crippen molar-refractivity contribution in [2.45, 2.75) is 6.92 Å². The van der Waals surface area contributed by atoms with Crippen molar-refractivity contribution in [3.8, 4) is 0 Å². The van der Waals surface area contributed by atoms with Crippen molar-refractivity contribution in [1.82, 2.24) is 0 Å². The average Bonchev–Trinajstić information content (AvgIpc) is 2.54. The van der Waals surface area contributed by atoms with Gasteiger partial charge in [0.15, 0.2) is 5.96 Å². The standard InChI is InChI=1S/C18H18N4O3/c1-11-4-2-6-13(16(11)21-10-23)9-15(17(24)25)12-5-3-7-14(8-12)22-18(19)20/h2-10H,1H3,(H,21,23)(H,24,25)(H4,19,20,22). The number of hydrogen-bond donors (Lipinski definition) is 4. The second kappa shape index (κ2) is 7.78. The molecule has 2 rings (SSSR count). The third-order valence-corrected chi connectivity index (χ3v) is 3.45. The first-order chi connectivity index (χ1) is 11.9. The molecule has 2 aromatic carbocycles. The molecule has 0 aromatic heterocycles. The van der Waals surface area contributed by atoms with Crippen LogP contribution in [0, 0.1) is 6.92 Å². The molecule has 0 aliphatic carbocycles. The summed E-state index contributed by atoms with van der Waals surface area (Å²) >= 11 is 0. The highest BCUT2D eigenvalue weighted by Crippen LogP contribution is 2.27. The zero-order valence-corrected chi connectivity index (χ0v) is 13.6. The number of carbonyl (C=O) groups excluding carboxylic acids is 1. The SMILES string of the molecule is Cc1cccc(C=C(C(=O)O)c2cccc(N=C(N)N)c2)c1NC=O. The molecule has 25 heavy (non-hydrogen) atoms. The van der Waals surface area contributed by atoms with Crippen molar-refractivity contribution < 1.29 is 14.7 Å². The van der Waals surface area contributed by atoms with Crippen LogP contribution >= 0.6 is 0 Å². The predicted molar refractivity (Wildman–Crippen MR) is 98.3 cm³/mol. The van der Waals surface area contributed by atoms with Crippen molar-refractivity contribution in [1.29, 1.82) is 0 Å². The number of nitrogens with two attached hydrogens (primary N) is 2. The number of nitrogens with zero attached hydrogens (tertiary/aromatic N) is 1. The zero-order valence-electron chi connectivity index (χ0n) is 13.6. The minimum absolute atomic E-state index is 0.0483. The van der Waals surface area contributed by atoms with E-state index >= 15 is 0 Å². The van der Waals surface area contributed by atoms with Gasteiger partial charge in [-0.1, -0.05) is 30.3 Å². The molecule has 0 bridgehead atoms. The third kappa shape index (κ3) is 4.44. The molecule has 0 heterocycles. The highest BCUT2D eigenvalue weighted by molar-refractivity contribution is 6.21. The Hall–Kier alpha value is -3.61. The average molecular weight is 338 g/mol. The van der Waals surface area contributed by atoms with Crippen LogP contribution in [0.5, 0.6) is 0 Å². The summed E-state index contributed by atoms with van der Waals surface area (Å²) in [5.41, 5.74) is 13.6. The fraction of sp³-hybridized carbons (Fsp3) is 0.0556. The van der Waals surface area contributed by atoms with Crippen LogP contribution in [-0.4, -0.2) is 23.4 Å². The summed E-state index contributed by atoms with van der Waals surface area (Å²) < 4.78 is 0. The number of carboxylic acid groups (broad SMARTS) is 1. The van der Waals surface area contributed by atoms with Crippen molar-refractivity contribution in [3.63, 3.8) is 0 Å². The van der Waals surface area contributed by atoms with Crippen LogP contribution in [0.3, 0.4) is 0 Å². The van der Waals surface area contributed by atoms with Crippen LogP contribution in [0.4, 0.5) is 11.4 Å². The molecule has 0 saturated carbocycles. The van der Waals surface area contributed by atoms with Gasteiger partial charge in [-0.15, -0.1) is 0 Å². The fourth-order valence-electron chi connectivity index (χ4n) is 2.38. The lowest BCUT2D eigenvalue weighted by atomic mass is 10.00. The monoisotopic (exact) mass is 338 g/mol. The topological polar surface area (TPSA) is 131 Å². The van der Waals surface area contributed by atoms with E-state index in [9.17, 15) is 14.7 Å². The summed E-state index contributed by atoms with van der Waals surface area (Å²) in [4.78, 5) is 26.5. The number of anilines is 1. The fourth-order valence-corrected chi connectivity index (χ4v) is 2.38. The van der Waals surface area contributed by atoms with Gasteiger partial charge in [0, 0.05) is 0 Å². The zero-order chi connectivity index (χ0) is 18.4. The molecule has 128 valence electrons. The summed E-state index contributed by atoms with van der Waals surface area (Å²) in [7, 11) is 0. The van der Waals surface area contributed by atoms with E-state index in [0.29, 0.717) is 28.9 Å². The molecule has 0 fully saturated rings. The number of carbonyl (C=O) groups is 2. The van der Waals surface area contributed by atoms with Gasteiger partial charge >= 0.3 is 5.97 Å². The van der Waals surface area contributed by atoms with Crippen molar-refractivity contribution >= 4 is 41.4 Å². The van der Waals surface area contributed by atoms with Gasteiger partial charge in [0.2, 0.25) is 6.41 Å². The van der Waals surface area contributed by atoms with Crippen LogP contribution in [0.1, 0.15) is 16.7 Å². The Morgan fingerprint density at radius 1 is 1.20 bits per heavy atom. The maximum atomic E-state index is 11.7. The highest BCUT2D eigenvalue weighted by Gasteiger charge is 2.13. The van der Waals surface area contributed by atoms with Gasteiger partial charge in [-0.3, -0.25) is 4.79 Å². The molecule has 7 heteroatoms. The number of benzene rings is 2. The molecule has 0 saturated heterocycles. The lowest BCUT2D eigenvalue weighted by molar-refractivity contribution is -0.130. The molecule has 2 aromatic rings. The largest absolute Gasteiger partial charge is 0.478 e. The van der Waals surface area contributed by atoms with E-state index in [1.54, 1.807) is 36.4 Å². The Kier molecular flexibility index (Phi) is 5.52. The Morgan fingerprint density at radius 2 is 1.92 bits per heavy atom. The third-order valence-electron chi connectivity index (χ3n) is 3.45. The van der Waals surface area contributed by atoms with E-state index in [0.717, 1.165) is 5.56 Å². The summed E-state index contributed by atoms with van der Waals surface area (Å²) in [5.74, 6) is -1.23. The van der Waals surface area contributed by atoms with Gasteiger partial charge in [0.1, 0.15) is 0 Å². The van der Waals surface area contributed by atoms with Gasteiger partial charge in [0.05, 0.1) is 16.9 Å².